The van der Waals surface area contributed by atoms with Crippen molar-refractivity contribution >= 4 is 0 Å². The van der Waals surface area contributed by atoms with Gasteiger partial charge in [0.05, 0.1) is 11.3 Å². The number of hydrogen-bond donors (Lipinski definition) is 0. The Hall–Kier alpha value is -1.86. The van der Waals surface area contributed by atoms with Gasteiger partial charge in [0.1, 0.15) is 12.4 Å². The molecule has 3 rings (SSSR count). The molecule has 1 aromatic heterocycles. The molecule has 1 unspecified atom stereocenters. The standard InChI is InChI=1S/C17H21F2N3O2/c1-17(2)9-11(6-7-24-17)16-20-15(10-23-3)21-22(16)12-4-5-13(18)14(19)8-12/h4-5,8,11H,6-7,9-10H2,1-3H3. The van der Waals surface area contributed by atoms with Gasteiger partial charge in [-0.2, -0.15) is 0 Å². The molecule has 1 aromatic carbocycles. The van der Waals surface area contributed by atoms with Crippen LogP contribution in [0, 0.1) is 11.6 Å². The van der Waals surface area contributed by atoms with E-state index in [-0.39, 0.29) is 18.1 Å². The Morgan fingerprint density at radius 3 is 2.79 bits per heavy atom. The van der Waals surface area contributed by atoms with E-state index in [4.69, 9.17) is 9.47 Å². The Morgan fingerprint density at radius 2 is 2.12 bits per heavy atom. The summed E-state index contributed by atoms with van der Waals surface area (Å²) in [5.41, 5.74) is 0.192. The number of methoxy groups -OCH3 is 1. The van der Waals surface area contributed by atoms with Crippen LogP contribution >= 0.6 is 0 Å². The molecule has 1 atom stereocenters. The monoisotopic (exact) mass is 337 g/mol. The fourth-order valence-electron chi connectivity index (χ4n) is 3.08. The first-order chi connectivity index (χ1) is 11.4. The van der Waals surface area contributed by atoms with Crippen molar-refractivity contribution in [2.45, 2.75) is 44.8 Å². The summed E-state index contributed by atoms with van der Waals surface area (Å²) in [6, 6.07) is 3.73. The number of benzene rings is 1. The minimum Gasteiger partial charge on any atom is -0.377 e. The Morgan fingerprint density at radius 1 is 1.33 bits per heavy atom. The van der Waals surface area contributed by atoms with Crippen LogP contribution in [0.2, 0.25) is 0 Å². The van der Waals surface area contributed by atoms with Crippen molar-refractivity contribution in [3.05, 3.63) is 41.5 Å². The maximum absolute atomic E-state index is 13.6. The predicted octanol–water partition coefficient (Wildman–Crippen LogP) is 3.36. The molecule has 1 saturated heterocycles. The zero-order valence-corrected chi connectivity index (χ0v) is 14.1. The van der Waals surface area contributed by atoms with E-state index in [0.717, 1.165) is 30.8 Å². The quantitative estimate of drug-likeness (QED) is 0.858. The van der Waals surface area contributed by atoms with Crippen LogP contribution in [0.4, 0.5) is 8.78 Å². The number of hydrogen-bond acceptors (Lipinski definition) is 4. The second kappa shape index (κ2) is 6.57. The molecule has 0 saturated carbocycles. The Bertz CT molecular complexity index is 731. The minimum atomic E-state index is -0.908. The Labute approximate surface area is 139 Å². The molecule has 7 heteroatoms. The molecule has 5 nitrogen and oxygen atoms in total. The average Bonchev–Trinajstić information content (AvgIpc) is 2.93. The first kappa shape index (κ1) is 17.0. The van der Waals surface area contributed by atoms with Crippen molar-refractivity contribution in [3.63, 3.8) is 0 Å². The van der Waals surface area contributed by atoms with Crippen LogP contribution in [0.15, 0.2) is 18.2 Å². The molecule has 0 radical (unpaired) electrons. The number of halogens is 2. The third-order valence-corrected chi connectivity index (χ3v) is 4.16. The fraction of sp³-hybridized carbons (Fsp3) is 0.529. The molecule has 1 aliphatic heterocycles. The molecule has 2 heterocycles. The SMILES string of the molecule is COCc1nc(C2CCOC(C)(C)C2)n(-c2ccc(F)c(F)c2)n1. The highest BCUT2D eigenvalue weighted by atomic mass is 19.2. The summed E-state index contributed by atoms with van der Waals surface area (Å²) in [5.74, 6) is -0.426. The van der Waals surface area contributed by atoms with Gasteiger partial charge >= 0.3 is 0 Å². The minimum absolute atomic E-state index is 0.125. The largest absolute Gasteiger partial charge is 0.377 e. The summed E-state index contributed by atoms with van der Waals surface area (Å²) in [4.78, 5) is 4.57. The topological polar surface area (TPSA) is 49.2 Å². The lowest BCUT2D eigenvalue weighted by Gasteiger charge is -2.35. The zero-order chi connectivity index (χ0) is 17.3. The summed E-state index contributed by atoms with van der Waals surface area (Å²) in [7, 11) is 1.56. The van der Waals surface area contributed by atoms with Crippen molar-refractivity contribution in [1.82, 2.24) is 14.8 Å². The number of aromatic nitrogens is 3. The van der Waals surface area contributed by atoms with E-state index in [1.54, 1.807) is 11.8 Å². The summed E-state index contributed by atoms with van der Waals surface area (Å²) >= 11 is 0. The van der Waals surface area contributed by atoms with Gasteiger partial charge in [-0.05, 0) is 38.8 Å². The highest BCUT2D eigenvalue weighted by Gasteiger charge is 2.33. The van der Waals surface area contributed by atoms with Crippen LogP contribution in [0.25, 0.3) is 5.69 Å². The van der Waals surface area contributed by atoms with Crippen LogP contribution < -0.4 is 0 Å². The van der Waals surface area contributed by atoms with E-state index in [0.29, 0.717) is 18.1 Å². The lowest BCUT2D eigenvalue weighted by molar-refractivity contribution is -0.0605. The van der Waals surface area contributed by atoms with Crippen molar-refractivity contribution in [1.29, 1.82) is 0 Å². The second-order valence-corrected chi connectivity index (χ2v) is 6.63. The first-order valence-electron chi connectivity index (χ1n) is 7.94. The van der Waals surface area contributed by atoms with Gasteiger partial charge in [0.2, 0.25) is 0 Å². The molecule has 1 aliphatic rings. The van der Waals surface area contributed by atoms with Crippen LogP contribution in [0.5, 0.6) is 0 Å². The lowest BCUT2D eigenvalue weighted by Crippen LogP contribution is -2.34. The third kappa shape index (κ3) is 3.47. The van der Waals surface area contributed by atoms with Crippen molar-refractivity contribution in [2.24, 2.45) is 0 Å². The maximum atomic E-state index is 13.6. The van der Waals surface area contributed by atoms with Gasteiger partial charge in [-0.25, -0.2) is 18.4 Å². The van der Waals surface area contributed by atoms with Gasteiger partial charge < -0.3 is 9.47 Å². The summed E-state index contributed by atoms with van der Waals surface area (Å²) in [6.07, 6.45) is 1.58. The van der Waals surface area contributed by atoms with E-state index in [1.807, 2.05) is 13.8 Å². The maximum Gasteiger partial charge on any atom is 0.176 e. The molecule has 130 valence electrons. The number of rotatable bonds is 4. The Balaban J connectivity index is 2.02. The second-order valence-electron chi connectivity index (χ2n) is 6.63. The van der Waals surface area contributed by atoms with Gasteiger partial charge in [-0.3, -0.25) is 0 Å². The molecule has 0 N–H and O–H groups in total. The van der Waals surface area contributed by atoms with Crippen LogP contribution in [-0.2, 0) is 16.1 Å². The summed E-state index contributed by atoms with van der Waals surface area (Å²) < 4.78 is 39.3. The van der Waals surface area contributed by atoms with Crippen molar-refractivity contribution in [2.75, 3.05) is 13.7 Å². The zero-order valence-electron chi connectivity index (χ0n) is 14.1. The van der Waals surface area contributed by atoms with Gasteiger partial charge in [0.25, 0.3) is 0 Å². The normalized spacial score (nSPS) is 20.3. The highest BCUT2D eigenvalue weighted by molar-refractivity contribution is 5.33. The van der Waals surface area contributed by atoms with Gasteiger partial charge in [-0.15, -0.1) is 5.10 Å². The smallest absolute Gasteiger partial charge is 0.176 e. The van der Waals surface area contributed by atoms with Crippen LogP contribution in [0.3, 0.4) is 0 Å². The average molecular weight is 337 g/mol. The van der Waals surface area contributed by atoms with E-state index in [9.17, 15) is 8.78 Å². The molecule has 1 fully saturated rings. The van der Waals surface area contributed by atoms with Crippen LogP contribution in [-0.4, -0.2) is 34.1 Å². The molecule has 0 aliphatic carbocycles. The van der Waals surface area contributed by atoms with Gasteiger partial charge in [0, 0.05) is 25.7 Å². The molecule has 24 heavy (non-hydrogen) atoms. The van der Waals surface area contributed by atoms with Crippen molar-refractivity contribution < 1.29 is 18.3 Å². The van der Waals surface area contributed by atoms with Crippen molar-refractivity contribution in [3.8, 4) is 5.69 Å². The lowest BCUT2D eigenvalue weighted by atomic mass is 9.88. The van der Waals surface area contributed by atoms with E-state index < -0.39 is 11.6 Å². The number of nitrogens with zero attached hydrogens (tertiary/aromatic N) is 3. The van der Waals surface area contributed by atoms with Gasteiger partial charge in [0.15, 0.2) is 17.5 Å². The number of ether oxygens (including phenoxy) is 2. The van der Waals surface area contributed by atoms with Crippen LogP contribution in [0.1, 0.15) is 44.3 Å². The predicted molar refractivity (Wildman–Crippen MR) is 84.0 cm³/mol. The first-order valence-corrected chi connectivity index (χ1v) is 7.94. The molecule has 2 aromatic rings. The van der Waals surface area contributed by atoms with Gasteiger partial charge in [-0.1, -0.05) is 0 Å². The Kier molecular flexibility index (Phi) is 4.64. The van der Waals surface area contributed by atoms with E-state index in [1.165, 1.54) is 6.07 Å². The van der Waals surface area contributed by atoms with E-state index in [2.05, 4.69) is 10.1 Å². The molecule has 0 bridgehead atoms. The molecular formula is C17H21F2N3O2. The third-order valence-electron chi connectivity index (χ3n) is 4.16. The fourth-order valence-corrected chi connectivity index (χ4v) is 3.08. The summed E-state index contributed by atoms with van der Waals surface area (Å²) in [5, 5.41) is 4.41. The summed E-state index contributed by atoms with van der Waals surface area (Å²) in [6.45, 7) is 4.96. The molecular weight excluding hydrogens is 316 g/mol. The molecule has 0 amide bonds. The van der Waals surface area contributed by atoms with E-state index >= 15 is 0 Å². The highest BCUT2D eigenvalue weighted by Crippen LogP contribution is 2.35. The molecule has 0 spiro atoms.